The quantitative estimate of drug-likeness (QED) is 0.775. The topological polar surface area (TPSA) is 18.5 Å². The van der Waals surface area contributed by atoms with Crippen molar-refractivity contribution in [2.45, 2.75) is 64.1 Å². The summed E-state index contributed by atoms with van der Waals surface area (Å²) in [5, 5.41) is 0. The van der Waals surface area contributed by atoms with Gasteiger partial charge in [0.1, 0.15) is 11.9 Å². The van der Waals surface area contributed by atoms with Crippen LogP contribution in [0, 0.1) is 0 Å². The van der Waals surface area contributed by atoms with Crippen molar-refractivity contribution in [3.63, 3.8) is 0 Å². The smallest absolute Gasteiger partial charge is 0.125 e. The van der Waals surface area contributed by atoms with Gasteiger partial charge in [0.15, 0.2) is 0 Å². The van der Waals surface area contributed by atoms with Crippen molar-refractivity contribution in [1.82, 2.24) is 0 Å². The van der Waals surface area contributed by atoms with Crippen molar-refractivity contribution in [2.75, 3.05) is 7.11 Å². The maximum Gasteiger partial charge on any atom is 0.125 e. The molecule has 0 saturated heterocycles. The highest BCUT2D eigenvalue weighted by Crippen LogP contribution is 2.27. The first kappa shape index (κ1) is 14.4. The minimum atomic E-state index is 0.216. The van der Waals surface area contributed by atoms with Crippen molar-refractivity contribution in [2.24, 2.45) is 0 Å². The van der Waals surface area contributed by atoms with E-state index in [1.54, 1.807) is 7.11 Å². The Morgan fingerprint density at radius 1 is 1.11 bits per heavy atom. The lowest BCUT2D eigenvalue weighted by Crippen LogP contribution is -2.36. The van der Waals surface area contributed by atoms with Gasteiger partial charge in [-0.3, -0.25) is 0 Å². The summed E-state index contributed by atoms with van der Waals surface area (Å²) in [6.45, 7) is 4.48. The van der Waals surface area contributed by atoms with Crippen LogP contribution in [0.15, 0.2) is 24.3 Å². The lowest BCUT2D eigenvalue weighted by atomic mass is 9.94. The molecule has 2 heteroatoms. The fourth-order valence-electron chi connectivity index (χ4n) is 2.75. The fourth-order valence-corrected chi connectivity index (χ4v) is 2.75. The minimum absolute atomic E-state index is 0.216. The molecule has 106 valence electrons. The van der Waals surface area contributed by atoms with Crippen LogP contribution in [0.3, 0.4) is 0 Å². The highest BCUT2D eigenvalue weighted by atomic mass is 16.5. The second kappa shape index (κ2) is 6.95. The number of hydrogen-bond acceptors (Lipinski definition) is 2. The highest BCUT2D eigenvalue weighted by molar-refractivity contribution is 5.29. The summed E-state index contributed by atoms with van der Waals surface area (Å²) in [4.78, 5) is 0. The molecular formula is C17H26O2. The third-order valence-corrected chi connectivity index (χ3v) is 4.29. The zero-order valence-electron chi connectivity index (χ0n) is 12.4. The van der Waals surface area contributed by atoms with Gasteiger partial charge in [-0.2, -0.15) is 0 Å². The molecule has 2 nitrogen and oxygen atoms in total. The number of hydrogen-bond donors (Lipinski definition) is 0. The predicted molar refractivity (Wildman–Crippen MR) is 78.8 cm³/mol. The van der Waals surface area contributed by atoms with Gasteiger partial charge in [-0.1, -0.05) is 32.4 Å². The van der Waals surface area contributed by atoms with E-state index in [9.17, 15) is 0 Å². The SMILES string of the molecule is CCC(C)c1ccc(OC2CCCCC2OC)cc1. The normalized spacial score (nSPS) is 25.0. The number of benzene rings is 1. The first-order chi connectivity index (χ1) is 9.24. The van der Waals surface area contributed by atoms with E-state index in [4.69, 9.17) is 9.47 Å². The van der Waals surface area contributed by atoms with Crippen molar-refractivity contribution in [3.05, 3.63) is 29.8 Å². The first-order valence-corrected chi connectivity index (χ1v) is 7.54. The van der Waals surface area contributed by atoms with Crippen molar-refractivity contribution in [1.29, 1.82) is 0 Å². The lowest BCUT2D eigenvalue weighted by Gasteiger charge is -2.30. The fraction of sp³-hybridized carbons (Fsp3) is 0.647. The number of methoxy groups -OCH3 is 1. The van der Waals surface area contributed by atoms with Crippen LogP contribution in [0.2, 0.25) is 0 Å². The summed E-state index contributed by atoms with van der Waals surface area (Å²) in [5.74, 6) is 1.59. The summed E-state index contributed by atoms with van der Waals surface area (Å²) < 4.78 is 11.6. The third-order valence-electron chi connectivity index (χ3n) is 4.29. The van der Waals surface area contributed by atoms with Gasteiger partial charge >= 0.3 is 0 Å². The van der Waals surface area contributed by atoms with E-state index in [0.29, 0.717) is 5.92 Å². The molecule has 0 heterocycles. The third kappa shape index (κ3) is 3.73. The summed E-state index contributed by atoms with van der Waals surface area (Å²) in [6, 6.07) is 8.58. The lowest BCUT2D eigenvalue weighted by molar-refractivity contribution is -0.0229. The molecule has 1 aliphatic carbocycles. The molecule has 1 aromatic carbocycles. The maximum atomic E-state index is 6.10. The van der Waals surface area contributed by atoms with E-state index in [-0.39, 0.29) is 12.2 Å². The van der Waals surface area contributed by atoms with Crippen molar-refractivity contribution >= 4 is 0 Å². The largest absolute Gasteiger partial charge is 0.488 e. The van der Waals surface area contributed by atoms with Gasteiger partial charge < -0.3 is 9.47 Å². The van der Waals surface area contributed by atoms with Crippen molar-refractivity contribution < 1.29 is 9.47 Å². The Labute approximate surface area is 117 Å². The molecule has 0 aromatic heterocycles. The van der Waals surface area contributed by atoms with Gasteiger partial charge in [-0.15, -0.1) is 0 Å². The van der Waals surface area contributed by atoms with E-state index < -0.39 is 0 Å². The van der Waals surface area contributed by atoms with Crippen LogP contribution in [-0.2, 0) is 4.74 Å². The average Bonchev–Trinajstić information content (AvgIpc) is 2.48. The van der Waals surface area contributed by atoms with Crippen LogP contribution in [0.4, 0.5) is 0 Å². The molecule has 0 amide bonds. The van der Waals surface area contributed by atoms with Crippen LogP contribution >= 0.6 is 0 Å². The Morgan fingerprint density at radius 3 is 2.32 bits per heavy atom. The van der Waals surface area contributed by atoms with Gasteiger partial charge in [0.2, 0.25) is 0 Å². The van der Waals surface area contributed by atoms with Gasteiger partial charge in [0, 0.05) is 7.11 Å². The number of rotatable bonds is 5. The second-order valence-electron chi connectivity index (χ2n) is 5.59. The molecule has 0 radical (unpaired) electrons. The van der Waals surface area contributed by atoms with Gasteiger partial charge in [-0.05, 0) is 49.3 Å². The average molecular weight is 262 g/mol. The maximum absolute atomic E-state index is 6.10. The van der Waals surface area contributed by atoms with Crippen molar-refractivity contribution in [3.8, 4) is 5.75 Å². The van der Waals surface area contributed by atoms with E-state index in [1.807, 2.05) is 0 Å². The van der Waals surface area contributed by atoms with E-state index >= 15 is 0 Å². The van der Waals surface area contributed by atoms with Gasteiger partial charge in [-0.25, -0.2) is 0 Å². The molecule has 0 N–H and O–H groups in total. The molecule has 1 aromatic rings. The molecule has 3 unspecified atom stereocenters. The molecule has 2 rings (SSSR count). The summed E-state index contributed by atoms with van der Waals surface area (Å²) in [5.41, 5.74) is 1.39. The Kier molecular flexibility index (Phi) is 5.26. The molecule has 0 bridgehead atoms. The molecular weight excluding hydrogens is 236 g/mol. The molecule has 1 aliphatic rings. The molecule has 1 saturated carbocycles. The summed E-state index contributed by atoms with van der Waals surface area (Å²) in [7, 11) is 1.79. The first-order valence-electron chi connectivity index (χ1n) is 7.54. The summed E-state index contributed by atoms with van der Waals surface area (Å²) in [6.07, 6.45) is 6.36. The molecule has 1 fully saturated rings. The van der Waals surface area contributed by atoms with Gasteiger partial charge in [0.05, 0.1) is 6.10 Å². The van der Waals surface area contributed by atoms with Crippen LogP contribution in [0.1, 0.15) is 57.4 Å². The van der Waals surface area contributed by atoms with E-state index in [2.05, 4.69) is 38.1 Å². The Morgan fingerprint density at radius 2 is 1.74 bits per heavy atom. The van der Waals surface area contributed by atoms with Gasteiger partial charge in [0.25, 0.3) is 0 Å². The molecule has 0 spiro atoms. The van der Waals surface area contributed by atoms with Crippen LogP contribution in [-0.4, -0.2) is 19.3 Å². The van der Waals surface area contributed by atoms with Crippen LogP contribution in [0.25, 0.3) is 0 Å². The minimum Gasteiger partial charge on any atom is -0.488 e. The standard InChI is InChI=1S/C17H26O2/c1-4-13(2)14-9-11-15(12-10-14)19-17-8-6-5-7-16(17)18-3/h9-13,16-17H,4-8H2,1-3H3. The van der Waals surface area contributed by atoms with Crippen LogP contribution in [0.5, 0.6) is 5.75 Å². The predicted octanol–water partition coefficient (Wildman–Crippen LogP) is 4.54. The zero-order chi connectivity index (χ0) is 13.7. The number of ether oxygens (including phenoxy) is 2. The second-order valence-corrected chi connectivity index (χ2v) is 5.59. The van der Waals surface area contributed by atoms with E-state index in [1.165, 1.54) is 24.8 Å². The monoisotopic (exact) mass is 262 g/mol. The molecule has 0 aliphatic heterocycles. The Balaban J connectivity index is 1.98. The Hall–Kier alpha value is -1.02. The highest BCUT2D eigenvalue weighted by Gasteiger charge is 2.26. The summed E-state index contributed by atoms with van der Waals surface area (Å²) >= 11 is 0. The van der Waals surface area contributed by atoms with E-state index in [0.717, 1.165) is 18.6 Å². The van der Waals surface area contributed by atoms with Crippen LogP contribution < -0.4 is 4.74 Å². The molecule has 3 atom stereocenters. The molecule has 19 heavy (non-hydrogen) atoms. The zero-order valence-corrected chi connectivity index (χ0v) is 12.4. The Bertz CT molecular complexity index is 371.